The molecular formula is C13H13NO. The standard InChI is InChI=1S/C13H13NO/c1-2-9-3-4-11-10(7-9)8-12-13(15)5-6-14(11)12/h3-4,7-8H,2,5-6H2,1H3. The maximum Gasteiger partial charge on any atom is 0.181 e. The number of hydrogen-bond donors (Lipinski definition) is 0. The van der Waals surface area contributed by atoms with Crippen molar-refractivity contribution in [3.8, 4) is 0 Å². The van der Waals surface area contributed by atoms with Gasteiger partial charge in [-0.1, -0.05) is 13.0 Å². The summed E-state index contributed by atoms with van der Waals surface area (Å²) in [6, 6.07) is 8.51. The zero-order valence-corrected chi connectivity index (χ0v) is 8.79. The summed E-state index contributed by atoms with van der Waals surface area (Å²) in [5.41, 5.74) is 3.42. The molecule has 1 aromatic heterocycles. The van der Waals surface area contributed by atoms with E-state index in [0.717, 1.165) is 18.7 Å². The molecule has 0 unspecified atom stereocenters. The average molecular weight is 199 g/mol. The molecule has 2 heterocycles. The van der Waals surface area contributed by atoms with Gasteiger partial charge in [0.05, 0.1) is 5.69 Å². The number of ketones is 1. The molecule has 0 spiro atoms. The van der Waals surface area contributed by atoms with Crippen molar-refractivity contribution in [3.63, 3.8) is 0 Å². The number of benzene rings is 1. The summed E-state index contributed by atoms with van der Waals surface area (Å²) >= 11 is 0. The van der Waals surface area contributed by atoms with Gasteiger partial charge < -0.3 is 4.57 Å². The number of Topliss-reactive ketones (excluding diaryl/α,β-unsaturated/α-hetero) is 1. The van der Waals surface area contributed by atoms with E-state index >= 15 is 0 Å². The second-order valence-electron chi connectivity index (χ2n) is 4.10. The molecule has 2 aromatic rings. The number of aromatic nitrogens is 1. The molecule has 0 atom stereocenters. The predicted molar refractivity (Wildman–Crippen MR) is 60.3 cm³/mol. The third-order valence-electron chi connectivity index (χ3n) is 3.22. The van der Waals surface area contributed by atoms with Crippen LogP contribution >= 0.6 is 0 Å². The number of carbonyl (C=O) groups is 1. The Bertz CT molecular complexity index is 551. The van der Waals surface area contributed by atoms with Crippen molar-refractivity contribution in [1.82, 2.24) is 4.57 Å². The normalized spacial score (nSPS) is 14.9. The van der Waals surface area contributed by atoms with Crippen LogP contribution in [0.15, 0.2) is 24.3 Å². The summed E-state index contributed by atoms with van der Waals surface area (Å²) < 4.78 is 2.14. The molecule has 2 nitrogen and oxygen atoms in total. The zero-order valence-electron chi connectivity index (χ0n) is 8.79. The van der Waals surface area contributed by atoms with Crippen molar-refractivity contribution in [2.24, 2.45) is 0 Å². The van der Waals surface area contributed by atoms with Gasteiger partial charge in [0.2, 0.25) is 0 Å². The molecule has 0 bridgehead atoms. The Balaban J connectivity index is 2.29. The smallest absolute Gasteiger partial charge is 0.181 e. The highest BCUT2D eigenvalue weighted by molar-refractivity contribution is 6.02. The van der Waals surface area contributed by atoms with Crippen LogP contribution in [-0.4, -0.2) is 10.4 Å². The SMILES string of the molecule is CCc1ccc2c(c1)cc1n2CCC1=O. The molecule has 0 saturated heterocycles. The van der Waals surface area contributed by atoms with Crippen LogP contribution in [0, 0.1) is 0 Å². The van der Waals surface area contributed by atoms with Crippen molar-refractivity contribution in [1.29, 1.82) is 0 Å². The molecule has 0 fully saturated rings. The Morgan fingerprint density at radius 1 is 1.33 bits per heavy atom. The van der Waals surface area contributed by atoms with Crippen LogP contribution in [0.2, 0.25) is 0 Å². The third-order valence-corrected chi connectivity index (χ3v) is 3.22. The van der Waals surface area contributed by atoms with Gasteiger partial charge in [0, 0.05) is 23.9 Å². The summed E-state index contributed by atoms with van der Waals surface area (Å²) in [5, 5.41) is 1.21. The highest BCUT2D eigenvalue weighted by atomic mass is 16.1. The first-order valence-electron chi connectivity index (χ1n) is 5.45. The first-order valence-corrected chi connectivity index (χ1v) is 5.45. The monoisotopic (exact) mass is 199 g/mol. The van der Waals surface area contributed by atoms with Gasteiger partial charge in [-0.2, -0.15) is 0 Å². The third kappa shape index (κ3) is 1.14. The Morgan fingerprint density at radius 3 is 3.00 bits per heavy atom. The molecule has 3 rings (SSSR count). The Hall–Kier alpha value is -1.57. The minimum absolute atomic E-state index is 0.282. The molecule has 1 aromatic carbocycles. The molecule has 15 heavy (non-hydrogen) atoms. The van der Waals surface area contributed by atoms with Crippen LogP contribution < -0.4 is 0 Å². The van der Waals surface area contributed by atoms with Gasteiger partial charge in [-0.15, -0.1) is 0 Å². The molecular weight excluding hydrogens is 186 g/mol. The van der Waals surface area contributed by atoms with Gasteiger partial charge in [-0.05, 0) is 30.2 Å². The second kappa shape index (κ2) is 2.96. The summed E-state index contributed by atoms with van der Waals surface area (Å²) in [5.74, 6) is 0.282. The van der Waals surface area contributed by atoms with Crippen molar-refractivity contribution >= 4 is 16.7 Å². The van der Waals surface area contributed by atoms with Crippen LogP contribution in [0.1, 0.15) is 29.4 Å². The van der Waals surface area contributed by atoms with E-state index in [4.69, 9.17) is 0 Å². The van der Waals surface area contributed by atoms with Gasteiger partial charge in [0.1, 0.15) is 0 Å². The van der Waals surface area contributed by atoms with E-state index in [0.29, 0.717) is 6.42 Å². The van der Waals surface area contributed by atoms with Crippen LogP contribution in [0.3, 0.4) is 0 Å². The largest absolute Gasteiger partial charge is 0.338 e. The quantitative estimate of drug-likeness (QED) is 0.692. The number of fused-ring (bicyclic) bond motifs is 3. The molecule has 1 aliphatic heterocycles. The van der Waals surface area contributed by atoms with Crippen molar-refractivity contribution in [2.75, 3.05) is 0 Å². The van der Waals surface area contributed by atoms with Gasteiger partial charge in [0.15, 0.2) is 5.78 Å². The lowest BCUT2D eigenvalue weighted by atomic mass is 10.1. The molecule has 1 aliphatic rings. The van der Waals surface area contributed by atoms with Crippen LogP contribution in [-0.2, 0) is 13.0 Å². The fraction of sp³-hybridized carbons (Fsp3) is 0.308. The predicted octanol–water partition coefficient (Wildman–Crippen LogP) is 2.79. The first kappa shape index (κ1) is 8.72. The van der Waals surface area contributed by atoms with E-state index in [-0.39, 0.29) is 5.78 Å². The lowest BCUT2D eigenvalue weighted by Crippen LogP contribution is -1.91. The zero-order chi connectivity index (χ0) is 10.4. The van der Waals surface area contributed by atoms with E-state index in [9.17, 15) is 4.79 Å². The van der Waals surface area contributed by atoms with Crippen LogP contribution in [0.4, 0.5) is 0 Å². The molecule has 0 N–H and O–H groups in total. The lowest BCUT2D eigenvalue weighted by molar-refractivity contribution is 0.0994. The highest BCUT2D eigenvalue weighted by Crippen LogP contribution is 2.26. The maximum atomic E-state index is 11.6. The highest BCUT2D eigenvalue weighted by Gasteiger charge is 2.21. The second-order valence-corrected chi connectivity index (χ2v) is 4.10. The number of aryl methyl sites for hydroxylation is 2. The minimum Gasteiger partial charge on any atom is -0.338 e. The van der Waals surface area contributed by atoms with Crippen molar-refractivity contribution in [3.05, 3.63) is 35.5 Å². The van der Waals surface area contributed by atoms with Gasteiger partial charge in [-0.3, -0.25) is 4.79 Å². The fourth-order valence-electron chi connectivity index (χ4n) is 2.35. The van der Waals surface area contributed by atoms with E-state index in [1.165, 1.54) is 16.5 Å². The first-order chi connectivity index (χ1) is 7.29. The molecule has 76 valence electrons. The van der Waals surface area contributed by atoms with E-state index < -0.39 is 0 Å². The summed E-state index contributed by atoms with van der Waals surface area (Å²) in [4.78, 5) is 11.6. The van der Waals surface area contributed by atoms with Crippen molar-refractivity contribution < 1.29 is 4.79 Å². The minimum atomic E-state index is 0.282. The number of carbonyl (C=O) groups excluding carboxylic acids is 1. The van der Waals surface area contributed by atoms with E-state index in [2.05, 4.69) is 29.7 Å². The summed E-state index contributed by atoms with van der Waals surface area (Å²) in [7, 11) is 0. The fourth-order valence-corrected chi connectivity index (χ4v) is 2.35. The Morgan fingerprint density at radius 2 is 2.20 bits per heavy atom. The van der Waals surface area contributed by atoms with Crippen molar-refractivity contribution in [2.45, 2.75) is 26.3 Å². The number of nitrogens with zero attached hydrogens (tertiary/aromatic N) is 1. The van der Waals surface area contributed by atoms with E-state index in [1.54, 1.807) is 0 Å². The van der Waals surface area contributed by atoms with Crippen LogP contribution in [0.5, 0.6) is 0 Å². The molecule has 0 amide bonds. The van der Waals surface area contributed by atoms with Crippen LogP contribution in [0.25, 0.3) is 10.9 Å². The molecule has 0 saturated carbocycles. The topological polar surface area (TPSA) is 22.0 Å². The van der Waals surface area contributed by atoms with Gasteiger partial charge in [0.25, 0.3) is 0 Å². The number of hydrogen-bond acceptors (Lipinski definition) is 1. The Kier molecular flexibility index (Phi) is 1.72. The summed E-state index contributed by atoms with van der Waals surface area (Å²) in [6.45, 7) is 3.00. The average Bonchev–Trinajstić information content (AvgIpc) is 2.78. The summed E-state index contributed by atoms with van der Waals surface area (Å²) in [6.07, 6.45) is 1.71. The Labute approximate surface area is 88.5 Å². The van der Waals surface area contributed by atoms with Gasteiger partial charge >= 0.3 is 0 Å². The molecule has 2 heteroatoms. The maximum absolute atomic E-state index is 11.6. The lowest BCUT2D eigenvalue weighted by Gasteiger charge is -2.00. The molecule has 0 aliphatic carbocycles. The molecule has 0 radical (unpaired) electrons. The van der Waals surface area contributed by atoms with E-state index in [1.807, 2.05) is 6.07 Å². The van der Waals surface area contributed by atoms with Gasteiger partial charge in [-0.25, -0.2) is 0 Å². The number of rotatable bonds is 1.